The molecule has 1 heterocycles. The molecule has 1 saturated heterocycles. The maximum absolute atomic E-state index is 11.7. The highest BCUT2D eigenvalue weighted by molar-refractivity contribution is 5.79. The van der Waals surface area contributed by atoms with Crippen LogP contribution < -0.4 is 0 Å². The van der Waals surface area contributed by atoms with Crippen LogP contribution in [0.1, 0.15) is 52.9 Å². The fraction of sp³-hybridized carbons (Fsp3) is 0.917. The van der Waals surface area contributed by atoms with Gasteiger partial charge in [0.1, 0.15) is 11.2 Å². The quantitative estimate of drug-likeness (QED) is 0.495. The molecule has 0 radical (unpaired) electrons. The molecule has 0 aromatic rings. The van der Waals surface area contributed by atoms with Crippen LogP contribution in [-0.2, 0) is 14.3 Å². The van der Waals surface area contributed by atoms with Gasteiger partial charge >= 0.3 is 5.97 Å². The predicted molar refractivity (Wildman–Crippen MR) is 56.5 cm³/mol. The van der Waals surface area contributed by atoms with Crippen LogP contribution in [0, 0.1) is 0 Å². The largest absolute Gasteiger partial charge is 0.458 e. The first-order valence-electron chi connectivity index (χ1n) is 5.84. The summed E-state index contributed by atoms with van der Waals surface area (Å²) in [4.78, 5) is 11.7. The second kappa shape index (κ2) is 3.48. The number of ether oxygens (including phenoxy) is 2. The number of hydrogen-bond donors (Lipinski definition) is 0. The van der Waals surface area contributed by atoms with Gasteiger partial charge in [-0.15, -0.1) is 0 Å². The molecule has 0 amide bonds. The Morgan fingerprint density at radius 1 is 1.27 bits per heavy atom. The molecule has 0 aromatic heterocycles. The van der Waals surface area contributed by atoms with E-state index in [9.17, 15) is 4.79 Å². The van der Waals surface area contributed by atoms with Crippen LogP contribution in [0.25, 0.3) is 0 Å². The molecular weight excluding hydrogens is 192 g/mol. The molecule has 0 bridgehead atoms. The monoisotopic (exact) mass is 212 g/mol. The van der Waals surface area contributed by atoms with Gasteiger partial charge in [0.05, 0.1) is 0 Å². The van der Waals surface area contributed by atoms with E-state index in [4.69, 9.17) is 9.47 Å². The molecule has 3 heteroatoms. The van der Waals surface area contributed by atoms with Gasteiger partial charge in [0.25, 0.3) is 0 Å². The molecule has 1 saturated carbocycles. The van der Waals surface area contributed by atoms with E-state index in [0.717, 1.165) is 12.8 Å². The van der Waals surface area contributed by atoms with Gasteiger partial charge in [-0.2, -0.15) is 0 Å². The van der Waals surface area contributed by atoms with E-state index < -0.39 is 5.60 Å². The highest BCUT2D eigenvalue weighted by Crippen LogP contribution is 2.48. The molecule has 0 aromatic carbocycles. The van der Waals surface area contributed by atoms with Crippen LogP contribution in [0.2, 0.25) is 0 Å². The summed E-state index contributed by atoms with van der Waals surface area (Å²) >= 11 is 0. The highest BCUT2D eigenvalue weighted by Gasteiger charge is 2.61. The summed E-state index contributed by atoms with van der Waals surface area (Å²) in [7, 11) is 0. The second-order valence-electron chi connectivity index (χ2n) is 5.66. The highest BCUT2D eigenvalue weighted by atomic mass is 16.7. The normalized spacial score (nSPS) is 28.9. The fourth-order valence-corrected chi connectivity index (χ4v) is 2.35. The van der Waals surface area contributed by atoms with Crippen molar-refractivity contribution in [3.05, 3.63) is 0 Å². The molecule has 2 aliphatic rings. The first kappa shape index (κ1) is 10.9. The minimum Gasteiger partial charge on any atom is -0.458 e. The van der Waals surface area contributed by atoms with E-state index in [1.807, 2.05) is 20.8 Å². The zero-order valence-corrected chi connectivity index (χ0v) is 9.84. The molecule has 15 heavy (non-hydrogen) atoms. The van der Waals surface area contributed by atoms with E-state index in [-0.39, 0.29) is 17.7 Å². The minimum absolute atomic E-state index is 0.138. The van der Waals surface area contributed by atoms with Crippen LogP contribution in [0.3, 0.4) is 0 Å². The van der Waals surface area contributed by atoms with E-state index >= 15 is 0 Å². The first-order chi connectivity index (χ1) is 6.93. The molecule has 2 fully saturated rings. The Balaban J connectivity index is 1.89. The maximum Gasteiger partial charge on any atom is 0.338 e. The Kier molecular flexibility index (Phi) is 2.53. The van der Waals surface area contributed by atoms with Gasteiger partial charge < -0.3 is 9.47 Å². The Morgan fingerprint density at radius 3 is 2.40 bits per heavy atom. The number of rotatable bonds is 1. The van der Waals surface area contributed by atoms with Crippen molar-refractivity contribution in [2.75, 3.05) is 0 Å². The summed E-state index contributed by atoms with van der Waals surface area (Å²) < 4.78 is 10.9. The molecule has 1 aliphatic heterocycles. The summed E-state index contributed by atoms with van der Waals surface area (Å²) in [5.41, 5.74) is -0.542. The van der Waals surface area contributed by atoms with Gasteiger partial charge in [-0.05, 0) is 33.6 Å². The zero-order valence-electron chi connectivity index (χ0n) is 9.84. The fourth-order valence-electron chi connectivity index (χ4n) is 2.35. The van der Waals surface area contributed by atoms with Crippen LogP contribution >= 0.6 is 0 Å². The number of epoxide rings is 1. The van der Waals surface area contributed by atoms with Crippen molar-refractivity contribution in [1.29, 1.82) is 0 Å². The summed E-state index contributed by atoms with van der Waals surface area (Å²) in [5, 5.41) is 0. The molecule has 1 aliphatic carbocycles. The number of carbonyl (C=O) groups excluding carboxylic acids is 1. The lowest BCUT2D eigenvalue weighted by Gasteiger charge is -2.21. The molecule has 1 atom stereocenters. The SMILES string of the molecule is CC(C)(C)OC(=O)C1OC12CCCCC2. The zero-order chi connectivity index (χ0) is 11.1. The molecular formula is C12H20O3. The Hall–Kier alpha value is -0.570. The lowest BCUT2D eigenvalue weighted by molar-refractivity contribution is -0.156. The van der Waals surface area contributed by atoms with Crippen LogP contribution in [0.5, 0.6) is 0 Å². The maximum atomic E-state index is 11.7. The van der Waals surface area contributed by atoms with Crippen molar-refractivity contribution in [2.24, 2.45) is 0 Å². The lowest BCUT2D eigenvalue weighted by Crippen LogP contribution is -2.31. The summed E-state index contributed by atoms with van der Waals surface area (Å²) in [6.45, 7) is 5.67. The molecule has 1 unspecified atom stereocenters. The Bertz CT molecular complexity index is 259. The van der Waals surface area contributed by atoms with E-state index in [1.54, 1.807) is 0 Å². The summed E-state index contributed by atoms with van der Waals surface area (Å²) in [5.74, 6) is -0.176. The van der Waals surface area contributed by atoms with Crippen molar-refractivity contribution < 1.29 is 14.3 Å². The van der Waals surface area contributed by atoms with Crippen molar-refractivity contribution in [3.8, 4) is 0 Å². The second-order valence-corrected chi connectivity index (χ2v) is 5.66. The molecule has 1 spiro atoms. The number of esters is 1. The summed E-state index contributed by atoms with van der Waals surface area (Å²) in [6, 6.07) is 0. The first-order valence-corrected chi connectivity index (χ1v) is 5.84. The van der Waals surface area contributed by atoms with E-state index in [2.05, 4.69) is 0 Å². The van der Waals surface area contributed by atoms with Gasteiger partial charge in [-0.3, -0.25) is 0 Å². The molecule has 2 rings (SSSR count). The lowest BCUT2D eigenvalue weighted by atomic mass is 9.86. The third kappa shape index (κ3) is 2.33. The van der Waals surface area contributed by atoms with Gasteiger partial charge in [0.2, 0.25) is 0 Å². The number of hydrogen-bond acceptors (Lipinski definition) is 3. The van der Waals surface area contributed by atoms with Crippen LogP contribution in [-0.4, -0.2) is 23.3 Å². The smallest absolute Gasteiger partial charge is 0.338 e. The van der Waals surface area contributed by atoms with Gasteiger partial charge in [0.15, 0.2) is 6.10 Å². The van der Waals surface area contributed by atoms with Crippen LogP contribution in [0.15, 0.2) is 0 Å². The topological polar surface area (TPSA) is 38.8 Å². The third-order valence-electron chi connectivity index (χ3n) is 3.09. The van der Waals surface area contributed by atoms with E-state index in [1.165, 1.54) is 19.3 Å². The Labute approximate surface area is 91.1 Å². The molecule has 0 N–H and O–H groups in total. The summed E-state index contributed by atoms with van der Waals surface area (Å²) in [6.07, 6.45) is 5.40. The average molecular weight is 212 g/mol. The van der Waals surface area contributed by atoms with Crippen molar-refractivity contribution in [1.82, 2.24) is 0 Å². The van der Waals surface area contributed by atoms with E-state index in [0.29, 0.717) is 0 Å². The molecule has 3 nitrogen and oxygen atoms in total. The van der Waals surface area contributed by atoms with Crippen molar-refractivity contribution in [2.45, 2.75) is 70.2 Å². The van der Waals surface area contributed by atoms with Gasteiger partial charge in [0, 0.05) is 0 Å². The Morgan fingerprint density at radius 2 is 1.87 bits per heavy atom. The third-order valence-corrected chi connectivity index (χ3v) is 3.09. The van der Waals surface area contributed by atoms with Gasteiger partial charge in [-0.25, -0.2) is 4.79 Å². The minimum atomic E-state index is -0.404. The molecule has 86 valence electrons. The van der Waals surface area contributed by atoms with Gasteiger partial charge in [-0.1, -0.05) is 19.3 Å². The average Bonchev–Trinajstić information content (AvgIpc) is 2.78. The van der Waals surface area contributed by atoms with Crippen molar-refractivity contribution in [3.63, 3.8) is 0 Å². The number of carbonyl (C=O) groups is 1. The predicted octanol–water partition coefficient (Wildman–Crippen LogP) is 2.43. The standard InChI is InChI=1S/C12H20O3/c1-11(2,3)15-10(13)9-12(14-9)7-5-4-6-8-12/h9H,4-8H2,1-3H3. The van der Waals surface area contributed by atoms with Crippen molar-refractivity contribution >= 4 is 5.97 Å². The van der Waals surface area contributed by atoms with Crippen LogP contribution in [0.4, 0.5) is 0 Å².